The van der Waals surface area contributed by atoms with Crippen molar-refractivity contribution in [3.8, 4) is 0 Å². The van der Waals surface area contributed by atoms with Gasteiger partial charge in [0.1, 0.15) is 5.82 Å². The van der Waals surface area contributed by atoms with Crippen LogP contribution in [0.15, 0.2) is 40.9 Å². The highest BCUT2D eigenvalue weighted by atomic mass is 79.9. The predicted molar refractivity (Wildman–Crippen MR) is 89.2 cm³/mol. The summed E-state index contributed by atoms with van der Waals surface area (Å²) in [7, 11) is 0. The second-order valence-corrected chi connectivity index (χ2v) is 6.58. The van der Waals surface area contributed by atoms with Gasteiger partial charge in [-0.05, 0) is 83.4 Å². The van der Waals surface area contributed by atoms with Crippen LogP contribution in [0.1, 0.15) is 42.5 Å². The Morgan fingerprint density at radius 2 is 1.81 bits per heavy atom. The van der Waals surface area contributed by atoms with Crippen LogP contribution >= 0.6 is 15.9 Å². The van der Waals surface area contributed by atoms with Crippen molar-refractivity contribution in [2.45, 2.75) is 38.6 Å². The lowest BCUT2D eigenvalue weighted by Gasteiger charge is -2.21. The number of benzene rings is 2. The molecule has 3 rings (SSSR count). The van der Waals surface area contributed by atoms with Crippen molar-refractivity contribution in [3.63, 3.8) is 0 Å². The molecule has 0 aliphatic heterocycles. The van der Waals surface area contributed by atoms with Crippen LogP contribution in [0.5, 0.6) is 0 Å². The monoisotopic (exact) mass is 347 g/mol. The fourth-order valence-electron chi connectivity index (χ4n) is 2.94. The molecule has 3 heteroatoms. The molecule has 21 heavy (non-hydrogen) atoms. The van der Waals surface area contributed by atoms with Crippen molar-refractivity contribution in [1.29, 1.82) is 0 Å². The van der Waals surface area contributed by atoms with Gasteiger partial charge in [-0.2, -0.15) is 0 Å². The highest BCUT2D eigenvalue weighted by Crippen LogP contribution is 2.27. The number of rotatable bonds is 3. The largest absolute Gasteiger partial charge is 0.378 e. The normalized spacial score (nSPS) is 15.4. The Morgan fingerprint density at radius 1 is 1.05 bits per heavy atom. The van der Waals surface area contributed by atoms with Crippen LogP contribution in [0.25, 0.3) is 0 Å². The standard InChI is InChI=1S/C18H19BrFN/c1-12(21-16-8-9-18(20)17(19)11-16)14-7-6-13-4-2-3-5-15(13)10-14/h6-12,21H,2-5H2,1H3. The van der Waals surface area contributed by atoms with Crippen LogP contribution in [-0.4, -0.2) is 0 Å². The minimum Gasteiger partial charge on any atom is -0.378 e. The molecule has 0 spiro atoms. The molecule has 1 aliphatic rings. The van der Waals surface area contributed by atoms with Gasteiger partial charge in [-0.1, -0.05) is 18.2 Å². The average molecular weight is 348 g/mol. The Morgan fingerprint density at radius 3 is 2.57 bits per heavy atom. The van der Waals surface area contributed by atoms with Crippen molar-refractivity contribution in [2.24, 2.45) is 0 Å². The zero-order valence-electron chi connectivity index (χ0n) is 12.1. The fourth-order valence-corrected chi connectivity index (χ4v) is 3.32. The molecule has 0 heterocycles. The SMILES string of the molecule is CC(Nc1ccc(F)c(Br)c1)c1ccc2c(c1)CCCC2. The number of nitrogens with one attached hydrogen (secondary N) is 1. The molecule has 2 aromatic carbocycles. The van der Waals surface area contributed by atoms with E-state index in [1.54, 1.807) is 12.1 Å². The van der Waals surface area contributed by atoms with Crippen molar-refractivity contribution >= 4 is 21.6 Å². The zero-order chi connectivity index (χ0) is 14.8. The van der Waals surface area contributed by atoms with Crippen molar-refractivity contribution in [2.75, 3.05) is 5.32 Å². The highest BCUT2D eigenvalue weighted by molar-refractivity contribution is 9.10. The first-order valence-corrected chi connectivity index (χ1v) is 8.26. The van der Waals surface area contributed by atoms with E-state index in [0.29, 0.717) is 4.47 Å². The van der Waals surface area contributed by atoms with Crippen LogP contribution in [-0.2, 0) is 12.8 Å². The predicted octanol–water partition coefficient (Wildman–Crippen LogP) is 5.64. The van der Waals surface area contributed by atoms with Gasteiger partial charge in [-0.25, -0.2) is 4.39 Å². The molecule has 0 radical (unpaired) electrons. The molecule has 0 amide bonds. The fraction of sp³-hybridized carbons (Fsp3) is 0.333. The Bertz CT molecular complexity index is 654. The van der Waals surface area contributed by atoms with E-state index in [0.717, 1.165) is 5.69 Å². The van der Waals surface area contributed by atoms with E-state index in [4.69, 9.17) is 0 Å². The van der Waals surface area contributed by atoms with E-state index in [-0.39, 0.29) is 11.9 Å². The summed E-state index contributed by atoms with van der Waals surface area (Å²) in [5.41, 5.74) is 5.21. The molecule has 1 aliphatic carbocycles. The first kappa shape index (κ1) is 14.6. The third-order valence-electron chi connectivity index (χ3n) is 4.18. The van der Waals surface area contributed by atoms with Gasteiger partial charge in [0.15, 0.2) is 0 Å². The quantitative estimate of drug-likeness (QED) is 0.757. The summed E-state index contributed by atoms with van der Waals surface area (Å²) in [6.45, 7) is 2.14. The molecule has 0 fully saturated rings. The average Bonchev–Trinajstić information content (AvgIpc) is 2.50. The topological polar surface area (TPSA) is 12.0 Å². The molecule has 1 nitrogen and oxygen atoms in total. The maximum Gasteiger partial charge on any atom is 0.137 e. The minimum atomic E-state index is -0.234. The summed E-state index contributed by atoms with van der Waals surface area (Å²) in [4.78, 5) is 0. The van der Waals surface area contributed by atoms with Crippen LogP contribution in [0.4, 0.5) is 10.1 Å². The van der Waals surface area contributed by atoms with E-state index < -0.39 is 0 Å². The lowest BCUT2D eigenvalue weighted by atomic mass is 9.89. The lowest BCUT2D eigenvalue weighted by molar-refractivity contribution is 0.621. The highest BCUT2D eigenvalue weighted by Gasteiger charge is 2.12. The van der Waals surface area contributed by atoms with E-state index in [2.05, 4.69) is 46.4 Å². The molecule has 0 bridgehead atoms. The van der Waals surface area contributed by atoms with E-state index in [1.165, 1.54) is 48.4 Å². The van der Waals surface area contributed by atoms with E-state index in [9.17, 15) is 4.39 Å². The lowest BCUT2D eigenvalue weighted by Crippen LogP contribution is -2.09. The van der Waals surface area contributed by atoms with Crippen LogP contribution in [0, 0.1) is 5.82 Å². The summed E-state index contributed by atoms with van der Waals surface area (Å²) in [5, 5.41) is 3.44. The summed E-state index contributed by atoms with van der Waals surface area (Å²) in [5.74, 6) is -0.234. The van der Waals surface area contributed by atoms with Gasteiger partial charge in [0.2, 0.25) is 0 Å². The summed E-state index contributed by atoms with van der Waals surface area (Å²) >= 11 is 3.23. The number of aryl methyl sites for hydroxylation is 2. The van der Waals surface area contributed by atoms with E-state index >= 15 is 0 Å². The van der Waals surface area contributed by atoms with Crippen LogP contribution in [0.3, 0.4) is 0 Å². The van der Waals surface area contributed by atoms with Crippen molar-refractivity contribution in [1.82, 2.24) is 0 Å². The molecule has 2 aromatic rings. The van der Waals surface area contributed by atoms with Gasteiger partial charge in [0, 0.05) is 11.7 Å². The van der Waals surface area contributed by atoms with Gasteiger partial charge < -0.3 is 5.32 Å². The molecule has 0 saturated carbocycles. The molecular weight excluding hydrogens is 329 g/mol. The van der Waals surface area contributed by atoms with Crippen LogP contribution in [0.2, 0.25) is 0 Å². The van der Waals surface area contributed by atoms with Gasteiger partial charge in [0.05, 0.1) is 4.47 Å². The summed E-state index contributed by atoms with van der Waals surface area (Å²) < 4.78 is 13.8. The minimum absolute atomic E-state index is 0.203. The maximum atomic E-state index is 13.3. The zero-order valence-corrected chi connectivity index (χ0v) is 13.7. The molecule has 1 unspecified atom stereocenters. The van der Waals surface area contributed by atoms with Crippen molar-refractivity contribution in [3.05, 3.63) is 63.4 Å². The molecule has 1 N–H and O–H groups in total. The second kappa shape index (κ2) is 6.18. The second-order valence-electron chi connectivity index (χ2n) is 5.73. The van der Waals surface area contributed by atoms with Crippen LogP contribution < -0.4 is 5.32 Å². The van der Waals surface area contributed by atoms with Gasteiger partial charge in [-0.3, -0.25) is 0 Å². The number of hydrogen-bond donors (Lipinski definition) is 1. The molecule has 0 aromatic heterocycles. The first-order chi connectivity index (χ1) is 10.1. The molecule has 1 atom stereocenters. The van der Waals surface area contributed by atoms with Gasteiger partial charge in [0.25, 0.3) is 0 Å². The summed E-state index contributed by atoms with van der Waals surface area (Å²) in [6.07, 6.45) is 5.01. The molecule has 110 valence electrons. The first-order valence-electron chi connectivity index (χ1n) is 7.47. The number of fused-ring (bicyclic) bond motifs is 1. The smallest absolute Gasteiger partial charge is 0.137 e. The van der Waals surface area contributed by atoms with E-state index in [1.807, 2.05) is 0 Å². The number of anilines is 1. The Hall–Kier alpha value is -1.35. The van der Waals surface area contributed by atoms with Gasteiger partial charge >= 0.3 is 0 Å². The molecular formula is C18H19BrFN. The number of hydrogen-bond acceptors (Lipinski definition) is 1. The van der Waals surface area contributed by atoms with Gasteiger partial charge in [-0.15, -0.1) is 0 Å². The summed E-state index contributed by atoms with van der Waals surface area (Å²) in [6, 6.07) is 12.0. The number of halogens is 2. The maximum absolute atomic E-state index is 13.3. The Balaban J connectivity index is 1.78. The Labute approximate surface area is 133 Å². The third kappa shape index (κ3) is 3.29. The Kier molecular flexibility index (Phi) is 4.29. The van der Waals surface area contributed by atoms with Crippen molar-refractivity contribution < 1.29 is 4.39 Å². The third-order valence-corrected chi connectivity index (χ3v) is 4.78. The molecule has 0 saturated heterocycles.